The maximum absolute atomic E-state index is 14.1. The van der Waals surface area contributed by atoms with E-state index in [0.717, 1.165) is 4.31 Å². The number of sulfonamides is 1. The van der Waals surface area contributed by atoms with E-state index in [0.29, 0.717) is 5.02 Å². The van der Waals surface area contributed by atoms with Crippen molar-refractivity contribution in [2.45, 2.75) is 37.8 Å². The minimum Gasteiger partial charge on any atom is -0.350 e. The molecule has 0 saturated carbocycles. The number of amides is 1. The van der Waals surface area contributed by atoms with Gasteiger partial charge in [-0.1, -0.05) is 29.8 Å². The van der Waals surface area contributed by atoms with E-state index in [4.69, 9.17) is 11.6 Å². The van der Waals surface area contributed by atoms with Crippen molar-refractivity contribution in [3.05, 3.63) is 64.9 Å². The molecule has 2 aromatic rings. The number of halogens is 2. The molecule has 0 aromatic heterocycles. The van der Waals surface area contributed by atoms with Crippen LogP contribution in [0.1, 0.15) is 26.3 Å². The molecule has 0 heterocycles. The van der Waals surface area contributed by atoms with Gasteiger partial charge >= 0.3 is 0 Å². The molecule has 146 valence electrons. The molecule has 0 saturated heterocycles. The van der Waals surface area contributed by atoms with Crippen LogP contribution in [0.2, 0.25) is 5.02 Å². The van der Waals surface area contributed by atoms with Crippen molar-refractivity contribution >= 4 is 27.5 Å². The summed E-state index contributed by atoms with van der Waals surface area (Å²) in [6.07, 6.45) is 0. The van der Waals surface area contributed by atoms with E-state index in [-0.39, 0.29) is 17.0 Å². The molecule has 5 nitrogen and oxygen atoms in total. The zero-order valence-electron chi connectivity index (χ0n) is 15.4. The number of hydrogen-bond donors (Lipinski definition) is 1. The van der Waals surface area contributed by atoms with Gasteiger partial charge in [0, 0.05) is 22.7 Å². The number of carbonyl (C=O) groups is 1. The summed E-state index contributed by atoms with van der Waals surface area (Å²) in [4.78, 5) is 12.3. The summed E-state index contributed by atoms with van der Waals surface area (Å²) in [7, 11) is -4.04. The summed E-state index contributed by atoms with van der Waals surface area (Å²) in [5.74, 6) is -1.01. The van der Waals surface area contributed by atoms with Gasteiger partial charge in [-0.2, -0.15) is 4.31 Å². The summed E-state index contributed by atoms with van der Waals surface area (Å²) in [6, 6.07) is 11.5. The molecule has 2 aromatic carbocycles. The third-order valence-electron chi connectivity index (χ3n) is 3.59. The Bertz CT molecular complexity index is 909. The van der Waals surface area contributed by atoms with E-state index >= 15 is 0 Å². The van der Waals surface area contributed by atoms with Crippen LogP contribution in [0.4, 0.5) is 4.39 Å². The van der Waals surface area contributed by atoms with Crippen LogP contribution in [-0.2, 0) is 21.4 Å². The highest BCUT2D eigenvalue weighted by Crippen LogP contribution is 2.21. The quantitative estimate of drug-likeness (QED) is 0.788. The molecule has 2 rings (SSSR count). The second-order valence-electron chi connectivity index (χ2n) is 7.12. The molecule has 0 aliphatic rings. The van der Waals surface area contributed by atoms with E-state index in [1.54, 1.807) is 26.8 Å². The molecule has 8 heteroatoms. The first kappa shape index (κ1) is 21.3. The van der Waals surface area contributed by atoms with Gasteiger partial charge in [0.15, 0.2) is 0 Å². The van der Waals surface area contributed by atoms with Crippen molar-refractivity contribution in [2.24, 2.45) is 0 Å². The van der Waals surface area contributed by atoms with Crippen molar-refractivity contribution in [3.8, 4) is 0 Å². The molecule has 27 heavy (non-hydrogen) atoms. The molecule has 0 spiro atoms. The summed E-state index contributed by atoms with van der Waals surface area (Å²) >= 11 is 5.83. The third-order valence-corrected chi connectivity index (χ3v) is 5.65. The molecule has 0 radical (unpaired) electrons. The minimum atomic E-state index is -4.04. The Morgan fingerprint density at radius 1 is 1.11 bits per heavy atom. The van der Waals surface area contributed by atoms with Crippen LogP contribution in [0.3, 0.4) is 0 Å². The van der Waals surface area contributed by atoms with Crippen molar-refractivity contribution in [1.82, 2.24) is 9.62 Å². The van der Waals surface area contributed by atoms with E-state index in [1.807, 2.05) is 0 Å². The highest BCUT2D eigenvalue weighted by Gasteiger charge is 2.28. The first-order valence-electron chi connectivity index (χ1n) is 8.29. The average molecular weight is 413 g/mol. The number of hydrogen-bond acceptors (Lipinski definition) is 3. The van der Waals surface area contributed by atoms with Gasteiger partial charge in [-0.05, 0) is 51.1 Å². The maximum Gasteiger partial charge on any atom is 0.243 e. The lowest BCUT2D eigenvalue weighted by Gasteiger charge is -2.25. The van der Waals surface area contributed by atoms with Crippen LogP contribution in [0, 0.1) is 5.82 Å². The summed E-state index contributed by atoms with van der Waals surface area (Å²) in [5, 5.41) is 3.11. The smallest absolute Gasteiger partial charge is 0.243 e. The Morgan fingerprint density at radius 3 is 2.26 bits per heavy atom. The van der Waals surface area contributed by atoms with Gasteiger partial charge in [0.25, 0.3) is 0 Å². The van der Waals surface area contributed by atoms with Crippen LogP contribution < -0.4 is 5.32 Å². The standard InChI is InChI=1S/C19H22ClFN2O3S/c1-19(2,3)22-18(24)13-23(12-14-6-4-5-7-17(14)21)27(25,26)16-10-8-15(20)9-11-16/h4-11H,12-13H2,1-3H3,(H,22,24). The first-order valence-corrected chi connectivity index (χ1v) is 10.1. The second-order valence-corrected chi connectivity index (χ2v) is 9.49. The molecular formula is C19H22ClFN2O3S. The zero-order valence-corrected chi connectivity index (χ0v) is 16.9. The van der Waals surface area contributed by atoms with Crippen LogP contribution in [0.25, 0.3) is 0 Å². The highest BCUT2D eigenvalue weighted by molar-refractivity contribution is 7.89. The Morgan fingerprint density at radius 2 is 1.70 bits per heavy atom. The van der Waals surface area contributed by atoms with E-state index < -0.39 is 33.8 Å². The highest BCUT2D eigenvalue weighted by atomic mass is 35.5. The third kappa shape index (κ3) is 6.02. The predicted molar refractivity (Wildman–Crippen MR) is 103 cm³/mol. The molecule has 0 atom stereocenters. The lowest BCUT2D eigenvalue weighted by atomic mass is 10.1. The Labute approximate surface area is 164 Å². The zero-order chi connectivity index (χ0) is 20.2. The van der Waals surface area contributed by atoms with Gasteiger partial charge in [0.2, 0.25) is 15.9 Å². The normalized spacial score (nSPS) is 12.2. The number of nitrogens with zero attached hydrogens (tertiary/aromatic N) is 1. The lowest BCUT2D eigenvalue weighted by molar-refractivity contribution is -0.122. The van der Waals surface area contributed by atoms with E-state index in [1.165, 1.54) is 42.5 Å². The van der Waals surface area contributed by atoms with Crippen molar-refractivity contribution in [1.29, 1.82) is 0 Å². The number of benzene rings is 2. The second kappa shape index (κ2) is 8.37. The van der Waals surface area contributed by atoms with E-state index in [2.05, 4.69) is 5.32 Å². The Hall–Kier alpha value is -1.96. The van der Waals surface area contributed by atoms with Crippen LogP contribution >= 0.6 is 11.6 Å². The van der Waals surface area contributed by atoms with Gasteiger partial charge in [-0.3, -0.25) is 4.79 Å². The van der Waals surface area contributed by atoms with Crippen molar-refractivity contribution in [3.63, 3.8) is 0 Å². The van der Waals surface area contributed by atoms with Crippen LogP contribution in [-0.4, -0.2) is 30.7 Å². The maximum atomic E-state index is 14.1. The summed E-state index contributed by atoms with van der Waals surface area (Å²) < 4.78 is 41.1. The van der Waals surface area contributed by atoms with Crippen molar-refractivity contribution in [2.75, 3.05) is 6.54 Å². The summed E-state index contributed by atoms with van der Waals surface area (Å²) in [6.45, 7) is 4.67. The van der Waals surface area contributed by atoms with Gasteiger partial charge in [0.1, 0.15) is 5.82 Å². The minimum absolute atomic E-state index is 0.0215. The number of nitrogens with one attached hydrogen (secondary N) is 1. The average Bonchev–Trinajstić information content (AvgIpc) is 2.55. The lowest BCUT2D eigenvalue weighted by Crippen LogP contribution is -2.47. The van der Waals surface area contributed by atoms with E-state index in [9.17, 15) is 17.6 Å². The largest absolute Gasteiger partial charge is 0.350 e. The molecule has 0 unspecified atom stereocenters. The van der Waals surface area contributed by atoms with Crippen LogP contribution in [0.15, 0.2) is 53.4 Å². The number of rotatable bonds is 6. The SMILES string of the molecule is CC(C)(C)NC(=O)CN(Cc1ccccc1F)S(=O)(=O)c1ccc(Cl)cc1. The Balaban J connectivity index is 2.37. The fourth-order valence-electron chi connectivity index (χ4n) is 2.42. The monoisotopic (exact) mass is 412 g/mol. The van der Waals surface area contributed by atoms with Gasteiger partial charge < -0.3 is 5.32 Å². The predicted octanol–water partition coefficient (Wildman–Crippen LogP) is 3.58. The molecule has 0 aliphatic heterocycles. The molecule has 0 bridgehead atoms. The van der Waals surface area contributed by atoms with Crippen molar-refractivity contribution < 1.29 is 17.6 Å². The first-order chi connectivity index (χ1) is 12.5. The van der Waals surface area contributed by atoms with Gasteiger partial charge in [0.05, 0.1) is 11.4 Å². The molecule has 0 fully saturated rings. The molecule has 1 amide bonds. The molecule has 0 aliphatic carbocycles. The molecule has 1 N–H and O–H groups in total. The summed E-state index contributed by atoms with van der Waals surface area (Å²) in [5.41, 5.74) is -0.344. The molecular weight excluding hydrogens is 391 g/mol. The fourth-order valence-corrected chi connectivity index (χ4v) is 3.92. The number of carbonyl (C=O) groups excluding carboxylic acids is 1. The van der Waals surface area contributed by atoms with Crippen LogP contribution in [0.5, 0.6) is 0 Å². The fraction of sp³-hybridized carbons (Fsp3) is 0.316. The topological polar surface area (TPSA) is 66.5 Å². The Kier molecular flexibility index (Phi) is 6.62. The van der Waals surface area contributed by atoms with Gasteiger partial charge in [-0.25, -0.2) is 12.8 Å². The van der Waals surface area contributed by atoms with Gasteiger partial charge in [-0.15, -0.1) is 0 Å².